The molecule has 0 spiro atoms. The van der Waals surface area contributed by atoms with E-state index in [1.165, 1.54) is 23.1 Å². The predicted molar refractivity (Wildman–Crippen MR) is 117 cm³/mol. The fraction of sp³-hybridized carbons (Fsp3) is 0.0952. The van der Waals surface area contributed by atoms with Gasteiger partial charge in [0.1, 0.15) is 0 Å². The van der Waals surface area contributed by atoms with Crippen molar-refractivity contribution < 1.29 is 4.79 Å². The number of benzene rings is 2. The molecule has 0 aliphatic heterocycles. The number of hydrogen-bond donors (Lipinski definition) is 0. The lowest BCUT2D eigenvalue weighted by molar-refractivity contribution is -0.116. The Morgan fingerprint density at radius 2 is 1.96 bits per heavy atom. The highest BCUT2D eigenvalue weighted by molar-refractivity contribution is 8.00. The summed E-state index contributed by atoms with van der Waals surface area (Å²) in [6.07, 6.45) is 3.50. The second-order valence-corrected chi connectivity index (χ2v) is 8.55. The molecular formula is C21H16ClN3OS2. The fourth-order valence-corrected chi connectivity index (χ4v) is 4.73. The van der Waals surface area contributed by atoms with Crippen molar-refractivity contribution in [2.45, 2.75) is 11.4 Å². The highest BCUT2D eigenvalue weighted by Gasteiger charge is 2.20. The van der Waals surface area contributed by atoms with Gasteiger partial charge in [0.05, 0.1) is 22.5 Å². The summed E-state index contributed by atoms with van der Waals surface area (Å²) in [4.78, 5) is 24.7. The van der Waals surface area contributed by atoms with Crippen LogP contribution < -0.4 is 4.90 Å². The number of thiazole rings is 1. The Kier molecular flexibility index (Phi) is 5.90. The molecule has 2 aromatic carbocycles. The van der Waals surface area contributed by atoms with Crippen molar-refractivity contribution in [1.82, 2.24) is 9.97 Å². The summed E-state index contributed by atoms with van der Waals surface area (Å²) in [6.45, 7) is 0.426. The van der Waals surface area contributed by atoms with Crippen molar-refractivity contribution in [2.24, 2.45) is 0 Å². The number of fused-ring (bicyclic) bond motifs is 1. The molecule has 1 amide bonds. The molecule has 0 fully saturated rings. The molecule has 2 aromatic heterocycles. The normalized spacial score (nSPS) is 10.9. The van der Waals surface area contributed by atoms with Crippen LogP contribution in [-0.4, -0.2) is 21.6 Å². The van der Waals surface area contributed by atoms with Crippen molar-refractivity contribution in [1.29, 1.82) is 0 Å². The predicted octanol–water partition coefficient (Wildman–Crippen LogP) is 5.67. The van der Waals surface area contributed by atoms with Gasteiger partial charge in [0, 0.05) is 22.3 Å². The highest BCUT2D eigenvalue weighted by Crippen LogP contribution is 2.32. The molecule has 0 atom stereocenters. The number of anilines is 1. The number of amides is 1. The summed E-state index contributed by atoms with van der Waals surface area (Å²) < 4.78 is 0.960. The molecule has 0 aliphatic carbocycles. The third-order valence-corrected chi connectivity index (χ3v) is 6.31. The first-order chi connectivity index (χ1) is 13.7. The molecule has 4 nitrogen and oxygen atoms in total. The van der Waals surface area contributed by atoms with Crippen LogP contribution in [0.25, 0.3) is 10.2 Å². The van der Waals surface area contributed by atoms with Gasteiger partial charge in [-0.25, -0.2) is 4.98 Å². The Balaban J connectivity index is 1.61. The summed E-state index contributed by atoms with van der Waals surface area (Å²) in [5.74, 6) is 0.337. The van der Waals surface area contributed by atoms with Crippen molar-refractivity contribution in [2.75, 3.05) is 10.7 Å². The molecule has 4 rings (SSSR count). The van der Waals surface area contributed by atoms with Crippen LogP contribution in [0.2, 0.25) is 5.02 Å². The molecular weight excluding hydrogens is 410 g/mol. The summed E-state index contributed by atoms with van der Waals surface area (Å²) in [7, 11) is 0. The van der Waals surface area contributed by atoms with Gasteiger partial charge in [-0.2, -0.15) is 0 Å². The molecule has 7 heteroatoms. The van der Waals surface area contributed by atoms with Crippen LogP contribution in [0.3, 0.4) is 0 Å². The summed E-state index contributed by atoms with van der Waals surface area (Å²) >= 11 is 9.09. The van der Waals surface area contributed by atoms with E-state index in [1.54, 1.807) is 17.3 Å². The van der Waals surface area contributed by atoms with Crippen LogP contribution in [0.1, 0.15) is 5.56 Å². The maximum Gasteiger partial charge on any atom is 0.239 e. The number of rotatable bonds is 6. The Labute approximate surface area is 176 Å². The first-order valence-electron chi connectivity index (χ1n) is 8.62. The maximum atomic E-state index is 13.1. The van der Waals surface area contributed by atoms with Gasteiger partial charge in [0.25, 0.3) is 0 Å². The number of carbonyl (C=O) groups excluding carboxylic acids is 1. The molecule has 28 heavy (non-hydrogen) atoms. The first kappa shape index (κ1) is 18.9. The molecule has 0 unspecified atom stereocenters. The minimum atomic E-state index is 0.00265. The summed E-state index contributed by atoms with van der Waals surface area (Å²) in [5.41, 5.74) is 1.79. The minimum absolute atomic E-state index is 0.00265. The molecule has 0 N–H and O–H groups in total. The first-order valence-corrected chi connectivity index (χ1v) is 10.8. The number of hydrogen-bond acceptors (Lipinski definition) is 5. The number of nitrogens with zero attached hydrogens (tertiary/aromatic N) is 3. The topological polar surface area (TPSA) is 46.1 Å². The van der Waals surface area contributed by atoms with Crippen LogP contribution in [0.5, 0.6) is 0 Å². The zero-order valence-electron chi connectivity index (χ0n) is 14.8. The Morgan fingerprint density at radius 3 is 2.75 bits per heavy atom. The lowest BCUT2D eigenvalue weighted by Crippen LogP contribution is -2.31. The zero-order valence-corrected chi connectivity index (χ0v) is 17.2. The van der Waals surface area contributed by atoms with Gasteiger partial charge in [-0.3, -0.25) is 14.7 Å². The van der Waals surface area contributed by atoms with Gasteiger partial charge in [0.15, 0.2) is 5.13 Å². The molecule has 0 radical (unpaired) electrons. The van der Waals surface area contributed by atoms with Gasteiger partial charge in [-0.15, -0.1) is 11.8 Å². The van der Waals surface area contributed by atoms with Crippen molar-refractivity contribution in [3.05, 3.63) is 83.6 Å². The van der Waals surface area contributed by atoms with E-state index >= 15 is 0 Å². The second kappa shape index (κ2) is 8.73. The van der Waals surface area contributed by atoms with Gasteiger partial charge >= 0.3 is 0 Å². The van der Waals surface area contributed by atoms with E-state index in [4.69, 9.17) is 11.6 Å². The molecule has 0 aliphatic rings. The van der Waals surface area contributed by atoms with E-state index in [9.17, 15) is 4.79 Å². The maximum absolute atomic E-state index is 13.1. The van der Waals surface area contributed by atoms with Gasteiger partial charge in [-0.05, 0) is 42.0 Å². The zero-order chi connectivity index (χ0) is 19.3. The number of pyridine rings is 1. The third-order valence-electron chi connectivity index (χ3n) is 4.04. The average Bonchev–Trinajstić information content (AvgIpc) is 3.14. The molecule has 140 valence electrons. The lowest BCUT2D eigenvalue weighted by atomic mass is 10.2. The molecule has 0 bridgehead atoms. The number of carbonyl (C=O) groups is 1. The van der Waals surface area contributed by atoms with Crippen LogP contribution in [0, 0.1) is 0 Å². The van der Waals surface area contributed by atoms with Crippen LogP contribution >= 0.6 is 34.7 Å². The number of thioether (sulfide) groups is 1. The Hall–Kier alpha value is -2.41. The average molecular weight is 426 g/mol. The SMILES string of the molecule is O=C(CSc1ccccc1)N(Cc1cccnc1)c1nc2ccc(Cl)cc2s1. The molecule has 4 aromatic rings. The largest absolute Gasteiger partial charge is 0.283 e. The van der Waals surface area contributed by atoms with Crippen molar-refractivity contribution in [3.8, 4) is 0 Å². The smallest absolute Gasteiger partial charge is 0.239 e. The monoisotopic (exact) mass is 425 g/mol. The van der Waals surface area contributed by atoms with E-state index in [0.29, 0.717) is 22.5 Å². The standard InChI is InChI=1S/C21H16ClN3OS2/c22-16-8-9-18-19(11-16)28-21(24-18)25(13-15-5-4-10-23-12-15)20(26)14-27-17-6-2-1-3-7-17/h1-12H,13-14H2. The lowest BCUT2D eigenvalue weighted by Gasteiger charge is -2.19. The summed E-state index contributed by atoms with van der Waals surface area (Å²) in [5, 5.41) is 1.33. The van der Waals surface area contributed by atoms with Gasteiger partial charge < -0.3 is 0 Å². The Morgan fingerprint density at radius 1 is 1.11 bits per heavy atom. The number of halogens is 1. The fourth-order valence-electron chi connectivity index (χ4n) is 2.68. The minimum Gasteiger partial charge on any atom is -0.283 e. The van der Waals surface area contributed by atoms with Crippen LogP contribution in [0.15, 0.2) is 78.0 Å². The third kappa shape index (κ3) is 4.52. The molecule has 0 saturated carbocycles. The highest BCUT2D eigenvalue weighted by atomic mass is 35.5. The van der Waals surface area contributed by atoms with Crippen molar-refractivity contribution in [3.63, 3.8) is 0 Å². The van der Waals surface area contributed by atoms with Crippen LogP contribution in [-0.2, 0) is 11.3 Å². The van der Waals surface area contributed by atoms with E-state index in [1.807, 2.05) is 60.7 Å². The van der Waals surface area contributed by atoms with E-state index in [0.717, 1.165) is 20.7 Å². The second-order valence-electron chi connectivity index (χ2n) is 6.05. The van der Waals surface area contributed by atoms with E-state index in [2.05, 4.69) is 9.97 Å². The van der Waals surface area contributed by atoms with Gasteiger partial charge in [-0.1, -0.05) is 47.2 Å². The quantitative estimate of drug-likeness (QED) is 0.373. The Bertz CT molecular complexity index is 1090. The van der Waals surface area contributed by atoms with Crippen molar-refractivity contribution >= 4 is 56.0 Å². The van der Waals surface area contributed by atoms with E-state index in [-0.39, 0.29) is 5.91 Å². The molecule has 0 saturated heterocycles. The summed E-state index contributed by atoms with van der Waals surface area (Å²) in [6, 6.07) is 19.3. The van der Waals surface area contributed by atoms with Crippen LogP contribution in [0.4, 0.5) is 5.13 Å². The van der Waals surface area contributed by atoms with E-state index < -0.39 is 0 Å². The number of aromatic nitrogens is 2. The molecule has 2 heterocycles. The van der Waals surface area contributed by atoms with Gasteiger partial charge in [0.2, 0.25) is 5.91 Å².